The average molecular weight is 247 g/mol. The summed E-state index contributed by atoms with van der Waals surface area (Å²) in [7, 11) is 0. The Bertz CT molecular complexity index is 555. The molecule has 2 rings (SSSR count). The molecule has 0 radical (unpaired) electrons. The van der Waals surface area contributed by atoms with Crippen LogP contribution in [0.15, 0.2) is 42.6 Å². The van der Waals surface area contributed by atoms with E-state index in [0.29, 0.717) is 16.4 Å². The van der Waals surface area contributed by atoms with Crippen LogP contribution in [-0.4, -0.2) is 10.9 Å². The summed E-state index contributed by atoms with van der Waals surface area (Å²) in [5.41, 5.74) is 1.64. The van der Waals surface area contributed by atoms with E-state index in [2.05, 4.69) is 10.3 Å². The third-order valence-electron chi connectivity index (χ3n) is 2.24. The molecule has 1 amide bonds. The fourth-order valence-corrected chi connectivity index (χ4v) is 1.61. The van der Waals surface area contributed by atoms with Crippen molar-refractivity contribution in [2.45, 2.75) is 6.92 Å². The second kappa shape index (κ2) is 4.97. The third kappa shape index (κ3) is 3.04. The number of carbonyl (C=O) groups excluding carboxylic acids is 1. The molecule has 86 valence electrons. The molecule has 0 aliphatic carbocycles. The highest BCUT2D eigenvalue weighted by atomic mass is 35.5. The van der Waals surface area contributed by atoms with Crippen molar-refractivity contribution in [1.29, 1.82) is 0 Å². The Hall–Kier alpha value is -1.87. The maximum Gasteiger partial charge on any atom is 0.256 e. The zero-order chi connectivity index (χ0) is 12.3. The molecule has 1 aromatic carbocycles. The number of benzene rings is 1. The largest absolute Gasteiger partial charge is 0.307 e. The van der Waals surface area contributed by atoms with Gasteiger partial charge in [0.1, 0.15) is 5.82 Å². The maximum atomic E-state index is 11.9. The number of amides is 1. The van der Waals surface area contributed by atoms with Crippen LogP contribution in [0.3, 0.4) is 0 Å². The molecule has 1 heterocycles. The highest BCUT2D eigenvalue weighted by Gasteiger charge is 2.06. The topological polar surface area (TPSA) is 42.0 Å². The Morgan fingerprint density at radius 1 is 1.29 bits per heavy atom. The number of anilines is 1. The summed E-state index contributed by atoms with van der Waals surface area (Å²) >= 11 is 5.81. The van der Waals surface area contributed by atoms with Gasteiger partial charge in [0.05, 0.1) is 0 Å². The quantitative estimate of drug-likeness (QED) is 0.884. The van der Waals surface area contributed by atoms with Gasteiger partial charge in [-0.1, -0.05) is 29.3 Å². The number of hydrogen-bond acceptors (Lipinski definition) is 2. The lowest BCUT2D eigenvalue weighted by molar-refractivity contribution is 0.102. The first-order valence-corrected chi connectivity index (χ1v) is 5.52. The molecular formula is C13H11ClN2O. The van der Waals surface area contributed by atoms with Crippen molar-refractivity contribution in [2.24, 2.45) is 0 Å². The van der Waals surface area contributed by atoms with Crippen LogP contribution in [0.5, 0.6) is 0 Å². The van der Waals surface area contributed by atoms with Gasteiger partial charge < -0.3 is 5.32 Å². The van der Waals surface area contributed by atoms with Crippen molar-refractivity contribution >= 4 is 23.3 Å². The van der Waals surface area contributed by atoms with Gasteiger partial charge in [0, 0.05) is 16.8 Å². The lowest BCUT2D eigenvalue weighted by atomic mass is 10.1. The molecule has 1 aromatic heterocycles. The Labute approximate surface area is 104 Å². The van der Waals surface area contributed by atoms with Crippen LogP contribution in [0.2, 0.25) is 5.02 Å². The van der Waals surface area contributed by atoms with E-state index in [1.54, 1.807) is 24.4 Å². The van der Waals surface area contributed by atoms with E-state index < -0.39 is 0 Å². The van der Waals surface area contributed by atoms with Gasteiger partial charge in [-0.15, -0.1) is 0 Å². The van der Waals surface area contributed by atoms with Crippen LogP contribution in [0.1, 0.15) is 15.9 Å². The molecule has 0 fully saturated rings. The number of nitrogens with one attached hydrogen (secondary N) is 1. The highest BCUT2D eigenvalue weighted by Crippen LogP contribution is 2.13. The second-order valence-electron chi connectivity index (χ2n) is 3.68. The van der Waals surface area contributed by atoms with Crippen molar-refractivity contribution < 1.29 is 4.79 Å². The van der Waals surface area contributed by atoms with Gasteiger partial charge in [-0.05, 0) is 31.2 Å². The zero-order valence-corrected chi connectivity index (χ0v) is 10.0. The molecule has 2 aromatic rings. The SMILES string of the molecule is Cc1cccc(C(=O)Nc2cc(Cl)ccn2)c1. The smallest absolute Gasteiger partial charge is 0.256 e. The summed E-state index contributed by atoms with van der Waals surface area (Å²) in [5, 5.41) is 3.23. The van der Waals surface area contributed by atoms with Gasteiger partial charge in [0.15, 0.2) is 0 Å². The van der Waals surface area contributed by atoms with Crippen molar-refractivity contribution in [3.05, 3.63) is 58.7 Å². The number of aryl methyl sites for hydroxylation is 1. The minimum Gasteiger partial charge on any atom is -0.307 e. The number of halogens is 1. The summed E-state index contributed by atoms with van der Waals surface area (Å²) in [6, 6.07) is 10.6. The minimum absolute atomic E-state index is 0.191. The molecule has 0 saturated heterocycles. The van der Waals surface area contributed by atoms with Crippen LogP contribution in [0, 0.1) is 6.92 Å². The van der Waals surface area contributed by atoms with E-state index in [-0.39, 0.29) is 5.91 Å². The van der Waals surface area contributed by atoms with Gasteiger partial charge in [-0.25, -0.2) is 4.98 Å². The average Bonchev–Trinajstić information content (AvgIpc) is 2.29. The Kier molecular flexibility index (Phi) is 3.40. The van der Waals surface area contributed by atoms with E-state index in [4.69, 9.17) is 11.6 Å². The molecular weight excluding hydrogens is 236 g/mol. The zero-order valence-electron chi connectivity index (χ0n) is 9.27. The molecule has 0 spiro atoms. The second-order valence-corrected chi connectivity index (χ2v) is 4.12. The lowest BCUT2D eigenvalue weighted by Crippen LogP contribution is -2.12. The Balaban J connectivity index is 2.17. The molecule has 0 saturated carbocycles. The van der Waals surface area contributed by atoms with Crippen LogP contribution < -0.4 is 5.32 Å². The molecule has 4 heteroatoms. The molecule has 0 unspecified atom stereocenters. The molecule has 17 heavy (non-hydrogen) atoms. The third-order valence-corrected chi connectivity index (χ3v) is 2.48. The number of rotatable bonds is 2. The summed E-state index contributed by atoms with van der Waals surface area (Å²) < 4.78 is 0. The van der Waals surface area contributed by atoms with Crippen molar-refractivity contribution in [3.8, 4) is 0 Å². The number of aromatic nitrogens is 1. The molecule has 0 aliphatic rings. The van der Waals surface area contributed by atoms with Crippen molar-refractivity contribution in [3.63, 3.8) is 0 Å². The van der Waals surface area contributed by atoms with Crippen LogP contribution in [0.4, 0.5) is 5.82 Å². The van der Waals surface area contributed by atoms with E-state index >= 15 is 0 Å². The number of nitrogens with zero attached hydrogens (tertiary/aromatic N) is 1. The van der Waals surface area contributed by atoms with E-state index in [0.717, 1.165) is 5.56 Å². The predicted octanol–water partition coefficient (Wildman–Crippen LogP) is 3.30. The molecule has 0 aliphatic heterocycles. The number of carbonyl (C=O) groups is 1. The standard InChI is InChI=1S/C13H11ClN2O/c1-9-3-2-4-10(7-9)13(17)16-12-8-11(14)5-6-15-12/h2-8H,1H3,(H,15,16,17). The predicted molar refractivity (Wildman–Crippen MR) is 68.4 cm³/mol. The van der Waals surface area contributed by atoms with Gasteiger partial charge in [0.25, 0.3) is 5.91 Å². The minimum atomic E-state index is -0.191. The first-order chi connectivity index (χ1) is 8.15. The number of pyridine rings is 1. The Morgan fingerprint density at radius 2 is 2.12 bits per heavy atom. The van der Waals surface area contributed by atoms with Gasteiger partial charge in [-0.3, -0.25) is 4.79 Å². The monoisotopic (exact) mass is 246 g/mol. The van der Waals surface area contributed by atoms with Crippen molar-refractivity contribution in [2.75, 3.05) is 5.32 Å². The molecule has 3 nitrogen and oxygen atoms in total. The van der Waals surface area contributed by atoms with Gasteiger partial charge in [-0.2, -0.15) is 0 Å². The highest BCUT2D eigenvalue weighted by molar-refractivity contribution is 6.30. The fraction of sp³-hybridized carbons (Fsp3) is 0.0769. The summed E-state index contributed by atoms with van der Waals surface area (Å²) in [5.74, 6) is 0.257. The summed E-state index contributed by atoms with van der Waals surface area (Å²) in [6.07, 6.45) is 1.55. The lowest BCUT2D eigenvalue weighted by Gasteiger charge is -2.05. The maximum absolute atomic E-state index is 11.9. The van der Waals surface area contributed by atoms with E-state index in [1.807, 2.05) is 25.1 Å². The number of hydrogen-bond donors (Lipinski definition) is 1. The molecule has 1 N–H and O–H groups in total. The van der Waals surface area contributed by atoms with Crippen LogP contribution in [-0.2, 0) is 0 Å². The molecule has 0 atom stereocenters. The summed E-state index contributed by atoms with van der Waals surface area (Å²) in [4.78, 5) is 15.9. The first kappa shape index (κ1) is 11.6. The first-order valence-electron chi connectivity index (χ1n) is 5.15. The van der Waals surface area contributed by atoms with Crippen LogP contribution in [0.25, 0.3) is 0 Å². The van der Waals surface area contributed by atoms with Crippen molar-refractivity contribution in [1.82, 2.24) is 4.98 Å². The van der Waals surface area contributed by atoms with Crippen LogP contribution >= 0.6 is 11.6 Å². The van der Waals surface area contributed by atoms with Gasteiger partial charge >= 0.3 is 0 Å². The van der Waals surface area contributed by atoms with E-state index in [1.165, 1.54) is 0 Å². The Morgan fingerprint density at radius 3 is 2.82 bits per heavy atom. The molecule has 0 bridgehead atoms. The van der Waals surface area contributed by atoms with Gasteiger partial charge in [0.2, 0.25) is 0 Å². The fourth-order valence-electron chi connectivity index (χ4n) is 1.45. The van der Waals surface area contributed by atoms with E-state index in [9.17, 15) is 4.79 Å². The summed E-state index contributed by atoms with van der Waals surface area (Å²) in [6.45, 7) is 1.94. The normalized spacial score (nSPS) is 10.0.